The first kappa shape index (κ1) is 9.01. The van der Waals surface area contributed by atoms with Crippen LogP contribution in [0.15, 0.2) is 0 Å². The molecule has 0 fully saturated rings. The second kappa shape index (κ2) is 3.55. The quantitative estimate of drug-likeness (QED) is 0.760. The van der Waals surface area contributed by atoms with Crippen LogP contribution in [0, 0.1) is 18.3 Å². The standard InChI is InChI=1S/C8H11N3S/c1-5(2)10-8-7(4-9)12-6(3)11-8/h5,10H,1-3H3. The van der Waals surface area contributed by atoms with Crippen molar-refractivity contribution in [3.05, 3.63) is 9.88 Å². The maximum Gasteiger partial charge on any atom is 0.155 e. The lowest BCUT2D eigenvalue weighted by molar-refractivity contribution is 0.890. The second-order valence-electron chi connectivity index (χ2n) is 2.82. The third-order valence-corrected chi connectivity index (χ3v) is 2.14. The number of anilines is 1. The summed E-state index contributed by atoms with van der Waals surface area (Å²) in [5, 5.41) is 12.8. The van der Waals surface area contributed by atoms with Crippen molar-refractivity contribution in [3.63, 3.8) is 0 Å². The summed E-state index contributed by atoms with van der Waals surface area (Å²) in [4.78, 5) is 4.87. The van der Waals surface area contributed by atoms with Crippen LogP contribution in [0.25, 0.3) is 0 Å². The maximum atomic E-state index is 8.73. The Labute approximate surface area is 76.1 Å². The van der Waals surface area contributed by atoms with Crippen LogP contribution in [-0.4, -0.2) is 11.0 Å². The van der Waals surface area contributed by atoms with E-state index in [-0.39, 0.29) is 0 Å². The number of nitriles is 1. The summed E-state index contributed by atoms with van der Waals surface area (Å²) in [6.07, 6.45) is 0. The molecule has 0 spiro atoms. The van der Waals surface area contributed by atoms with Crippen molar-refractivity contribution < 1.29 is 0 Å². The van der Waals surface area contributed by atoms with Crippen molar-refractivity contribution in [3.8, 4) is 6.07 Å². The highest BCUT2D eigenvalue weighted by atomic mass is 32.1. The van der Waals surface area contributed by atoms with E-state index in [0.29, 0.717) is 10.9 Å². The Bertz CT molecular complexity index is 309. The lowest BCUT2D eigenvalue weighted by atomic mass is 10.4. The van der Waals surface area contributed by atoms with E-state index < -0.39 is 0 Å². The normalized spacial score (nSPS) is 9.92. The first-order chi connectivity index (χ1) is 5.63. The van der Waals surface area contributed by atoms with Crippen LogP contribution in [-0.2, 0) is 0 Å². The van der Waals surface area contributed by atoms with Crippen molar-refractivity contribution in [2.75, 3.05) is 5.32 Å². The summed E-state index contributed by atoms with van der Waals surface area (Å²) in [6, 6.07) is 2.43. The van der Waals surface area contributed by atoms with E-state index in [0.717, 1.165) is 10.8 Å². The van der Waals surface area contributed by atoms with Gasteiger partial charge in [-0.05, 0) is 20.8 Å². The molecule has 0 saturated carbocycles. The summed E-state index contributed by atoms with van der Waals surface area (Å²) in [6.45, 7) is 5.95. The molecule has 0 aliphatic carbocycles. The Morgan fingerprint density at radius 2 is 2.25 bits per heavy atom. The van der Waals surface area contributed by atoms with Gasteiger partial charge >= 0.3 is 0 Å². The van der Waals surface area contributed by atoms with Gasteiger partial charge in [0.25, 0.3) is 0 Å². The van der Waals surface area contributed by atoms with E-state index in [1.54, 1.807) is 0 Å². The molecule has 64 valence electrons. The van der Waals surface area contributed by atoms with Crippen molar-refractivity contribution >= 4 is 17.2 Å². The minimum atomic E-state index is 0.318. The number of aryl methyl sites for hydroxylation is 1. The van der Waals surface area contributed by atoms with Gasteiger partial charge in [-0.1, -0.05) is 0 Å². The van der Waals surface area contributed by atoms with Crippen molar-refractivity contribution in [1.29, 1.82) is 5.26 Å². The van der Waals surface area contributed by atoms with Gasteiger partial charge in [0, 0.05) is 6.04 Å². The third kappa shape index (κ3) is 1.95. The maximum absolute atomic E-state index is 8.73. The van der Waals surface area contributed by atoms with Gasteiger partial charge in [-0.25, -0.2) is 4.98 Å². The predicted octanol–water partition coefficient (Wildman–Crippen LogP) is 2.14. The molecule has 1 aromatic heterocycles. The molecule has 4 heteroatoms. The molecular weight excluding hydrogens is 170 g/mol. The molecule has 1 rings (SSSR count). The number of hydrogen-bond acceptors (Lipinski definition) is 4. The van der Waals surface area contributed by atoms with Crippen molar-refractivity contribution in [2.45, 2.75) is 26.8 Å². The summed E-state index contributed by atoms with van der Waals surface area (Å²) in [5.74, 6) is 0.718. The Kier molecular flexibility index (Phi) is 2.66. The first-order valence-corrected chi connectivity index (χ1v) is 4.59. The Hall–Kier alpha value is -1.08. The van der Waals surface area contributed by atoms with Gasteiger partial charge in [0.15, 0.2) is 5.82 Å². The first-order valence-electron chi connectivity index (χ1n) is 3.77. The van der Waals surface area contributed by atoms with Gasteiger partial charge in [0.2, 0.25) is 0 Å². The van der Waals surface area contributed by atoms with E-state index >= 15 is 0 Å². The van der Waals surface area contributed by atoms with E-state index in [4.69, 9.17) is 5.26 Å². The molecular formula is C8H11N3S. The lowest BCUT2D eigenvalue weighted by Crippen LogP contribution is -2.10. The number of hydrogen-bond donors (Lipinski definition) is 1. The average Bonchev–Trinajstić information content (AvgIpc) is 2.29. The number of nitrogens with one attached hydrogen (secondary N) is 1. The minimum Gasteiger partial charge on any atom is -0.366 e. The lowest BCUT2D eigenvalue weighted by Gasteiger charge is -2.05. The van der Waals surface area contributed by atoms with Crippen molar-refractivity contribution in [2.24, 2.45) is 0 Å². The minimum absolute atomic E-state index is 0.318. The molecule has 1 N–H and O–H groups in total. The number of nitrogens with zero attached hydrogens (tertiary/aromatic N) is 2. The zero-order chi connectivity index (χ0) is 9.14. The molecule has 3 nitrogen and oxygen atoms in total. The van der Waals surface area contributed by atoms with Gasteiger partial charge in [-0.3, -0.25) is 0 Å². The molecule has 0 unspecified atom stereocenters. The van der Waals surface area contributed by atoms with Crippen LogP contribution in [0.5, 0.6) is 0 Å². The smallest absolute Gasteiger partial charge is 0.155 e. The van der Waals surface area contributed by atoms with E-state index in [1.807, 2.05) is 20.8 Å². The van der Waals surface area contributed by atoms with Gasteiger partial charge in [0.1, 0.15) is 10.9 Å². The molecule has 0 atom stereocenters. The predicted molar refractivity (Wildman–Crippen MR) is 50.3 cm³/mol. The largest absolute Gasteiger partial charge is 0.366 e. The number of rotatable bonds is 2. The average molecular weight is 181 g/mol. The zero-order valence-corrected chi connectivity index (χ0v) is 8.20. The monoisotopic (exact) mass is 181 g/mol. The summed E-state index contributed by atoms with van der Waals surface area (Å²) < 4.78 is 0. The van der Waals surface area contributed by atoms with Crippen molar-refractivity contribution in [1.82, 2.24) is 4.98 Å². The molecule has 1 heterocycles. The van der Waals surface area contributed by atoms with Crippen LogP contribution in [0.4, 0.5) is 5.82 Å². The highest BCUT2D eigenvalue weighted by Gasteiger charge is 2.08. The molecule has 0 saturated heterocycles. The van der Waals surface area contributed by atoms with Crippen LogP contribution in [0.1, 0.15) is 23.7 Å². The molecule has 1 aromatic rings. The number of aromatic nitrogens is 1. The zero-order valence-electron chi connectivity index (χ0n) is 7.38. The van der Waals surface area contributed by atoms with Crippen LogP contribution in [0.2, 0.25) is 0 Å². The van der Waals surface area contributed by atoms with Gasteiger partial charge < -0.3 is 5.32 Å². The third-order valence-electron chi connectivity index (χ3n) is 1.26. The fourth-order valence-electron chi connectivity index (χ4n) is 0.874. The summed E-state index contributed by atoms with van der Waals surface area (Å²) in [5.41, 5.74) is 0. The number of thiazole rings is 1. The molecule has 0 aromatic carbocycles. The van der Waals surface area contributed by atoms with E-state index in [9.17, 15) is 0 Å². The SMILES string of the molecule is Cc1nc(NC(C)C)c(C#N)s1. The van der Waals surface area contributed by atoms with Gasteiger partial charge in [-0.15, -0.1) is 11.3 Å². The fourth-order valence-corrected chi connectivity index (χ4v) is 1.55. The topological polar surface area (TPSA) is 48.7 Å². The van der Waals surface area contributed by atoms with E-state index in [2.05, 4.69) is 16.4 Å². The molecule has 0 aliphatic rings. The molecule has 0 aliphatic heterocycles. The molecule has 0 radical (unpaired) electrons. The summed E-state index contributed by atoms with van der Waals surface area (Å²) in [7, 11) is 0. The highest BCUT2D eigenvalue weighted by molar-refractivity contribution is 7.12. The Morgan fingerprint density at radius 1 is 1.58 bits per heavy atom. The Balaban J connectivity index is 2.91. The van der Waals surface area contributed by atoms with Crippen LogP contribution < -0.4 is 5.32 Å². The fraction of sp³-hybridized carbons (Fsp3) is 0.500. The Morgan fingerprint density at radius 3 is 2.75 bits per heavy atom. The van der Waals surface area contributed by atoms with Gasteiger partial charge in [-0.2, -0.15) is 5.26 Å². The molecule has 0 amide bonds. The van der Waals surface area contributed by atoms with Gasteiger partial charge in [0.05, 0.1) is 5.01 Å². The van der Waals surface area contributed by atoms with Crippen LogP contribution >= 0.6 is 11.3 Å². The van der Waals surface area contributed by atoms with E-state index in [1.165, 1.54) is 11.3 Å². The second-order valence-corrected chi connectivity index (χ2v) is 4.02. The van der Waals surface area contributed by atoms with Crippen LogP contribution in [0.3, 0.4) is 0 Å². The highest BCUT2D eigenvalue weighted by Crippen LogP contribution is 2.21. The molecule has 12 heavy (non-hydrogen) atoms. The molecule has 0 bridgehead atoms. The summed E-state index contributed by atoms with van der Waals surface area (Å²) >= 11 is 1.42.